The van der Waals surface area contributed by atoms with E-state index >= 15 is 0 Å². The second-order valence-electron chi connectivity index (χ2n) is 4.07. The van der Waals surface area contributed by atoms with Crippen LogP contribution in [0, 0.1) is 0 Å². The summed E-state index contributed by atoms with van der Waals surface area (Å²) in [4.78, 5) is 11.9. The van der Waals surface area contributed by atoms with Crippen LogP contribution in [-0.4, -0.2) is 20.1 Å². The van der Waals surface area contributed by atoms with Crippen LogP contribution in [0.1, 0.15) is 18.6 Å². The molecule has 0 saturated carbocycles. The summed E-state index contributed by atoms with van der Waals surface area (Å²) in [6.45, 7) is 1.98. The van der Waals surface area contributed by atoms with Crippen molar-refractivity contribution in [3.8, 4) is 0 Å². The molecule has 0 amide bonds. The van der Waals surface area contributed by atoms with Crippen molar-refractivity contribution in [3.05, 3.63) is 29.9 Å². The molecule has 0 aliphatic heterocycles. The molecular weight excluding hydrogens is 262 g/mol. The van der Waals surface area contributed by atoms with Crippen LogP contribution in [0.3, 0.4) is 0 Å². The van der Waals surface area contributed by atoms with Crippen LogP contribution in [-0.2, 0) is 12.2 Å². The van der Waals surface area contributed by atoms with Crippen LogP contribution in [0.5, 0.6) is 0 Å². The van der Waals surface area contributed by atoms with Crippen molar-refractivity contribution >= 4 is 28.5 Å². The maximum absolute atomic E-state index is 5.73. The third-order valence-corrected chi connectivity index (χ3v) is 3.50. The van der Waals surface area contributed by atoms with Crippen LogP contribution >= 0.6 is 11.8 Å². The van der Waals surface area contributed by atoms with Crippen molar-refractivity contribution in [2.45, 2.75) is 24.3 Å². The molecule has 1 aromatic carbocycles. The van der Waals surface area contributed by atoms with Gasteiger partial charge in [0.05, 0.1) is 16.8 Å². The molecule has 0 unspecified atom stereocenters. The Morgan fingerprint density at radius 1 is 1.37 bits per heavy atom. The third kappa shape index (κ3) is 2.55. The molecule has 3 rings (SSSR count). The Kier molecular flexibility index (Phi) is 3.12. The zero-order valence-corrected chi connectivity index (χ0v) is 11.2. The molecule has 0 spiro atoms. The Morgan fingerprint density at radius 3 is 3.05 bits per heavy atom. The topological polar surface area (TPSA) is 93.6 Å². The van der Waals surface area contributed by atoms with E-state index in [-0.39, 0.29) is 0 Å². The van der Waals surface area contributed by atoms with E-state index in [2.05, 4.69) is 20.1 Å². The first-order valence-electron chi connectivity index (χ1n) is 5.94. The van der Waals surface area contributed by atoms with E-state index in [0.717, 1.165) is 28.3 Å². The maximum Gasteiger partial charge on any atom is 0.226 e. The highest BCUT2D eigenvalue weighted by Gasteiger charge is 2.08. The summed E-state index contributed by atoms with van der Waals surface area (Å²) in [6, 6.07) is 5.61. The van der Waals surface area contributed by atoms with Gasteiger partial charge in [-0.15, -0.1) is 0 Å². The van der Waals surface area contributed by atoms with Gasteiger partial charge in [-0.3, -0.25) is 0 Å². The molecule has 98 valence electrons. The Labute approximate surface area is 113 Å². The molecule has 0 atom stereocenters. The van der Waals surface area contributed by atoms with Crippen molar-refractivity contribution < 1.29 is 4.52 Å². The van der Waals surface area contributed by atoms with Gasteiger partial charge in [0.1, 0.15) is 0 Å². The third-order valence-electron chi connectivity index (χ3n) is 2.63. The number of nitrogens with two attached hydrogens (primary N) is 1. The second-order valence-corrected chi connectivity index (χ2v) is 5.03. The number of hydrogen-bond acceptors (Lipinski definition) is 6. The number of nitrogens with one attached hydrogen (secondary N) is 1. The molecule has 3 N–H and O–H groups in total. The lowest BCUT2D eigenvalue weighted by Gasteiger charge is -1.91. The fourth-order valence-corrected chi connectivity index (χ4v) is 2.43. The average molecular weight is 275 g/mol. The van der Waals surface area contributed by atoms with Crippen molar-refractivity contribution in [2.75, 3.05) is 5.73 Å². The van der Waals surface area contributed by atoms with Crippen LogP contribution in [0.4, 0.5) is 5.69 Å². The van der Waals surface area contributed by atoms with Crippen molar-refractivity contribution in [1.29, 1.82) is 0 Å². The number of benzene rings is 1. The van der Waals surface area contributed by atoms with E-state index in [9.17, 15) is 0 Å². The number of aromatic amines is 1. The lowest BCUT2D eigenvalue weighted by molar-refractivity contribution is 0.378. The van der Waals surface area contributed by atoms with Gasteiger partial charge in [-0.05, 0) is 18.2 Å². The van der Waals surface area contributed by atoms with Gasteiger partial charge < -0.3 is 15.2 Å². The smallest absolute Gasteiger partial charge is 0.226 e. The molecule has 7 heteroatoms. The Balaban J connectivity index is 1.74. The van der Waals surface area contributed by atoms with E-state index in [1.807, 2.05) is 25.1 Å². The largest absolute Gasteiger partial charge is 0.399 e. The number of rotatable bonds is 4. The Hall–Kier alpha value is -2.02. The number of hydrogen-bond donors (Lipinski definition) is 2. The predicted octanol–water partition coefficient (Wildman–Crippen LogP) is 2.38. The van der Waals surface area contributed by atoms with E-state index in [0.29, 0.717) is 17.5 Å². The van der Waals surface area contributed by atoms with Gasteiger partial charge in [0.25, 0.3) is 0 Å². The number of imidazole rings is 1. The second kappa shape index (κ2) is 4.93. The maximum atomic E-state index is 5.73. The number of H-pyrrole nitrogens is 1. The highest BCUT2D eigenvalue weighted by molar-refractivity contribution is 7.98. The number of aromatic nitrogens is 4. The number of nitrogens with zero attached hydrogens (tertiary/aromatic N) is 3. The summed E-state index contributed by atoms with van der Waals surface area (Å²) in [5, 5.41) is 4.72. The molecule has 0 fully saturated rings. The molecule has 0 bridgehead atoms. The molecule has 3 aromatic rings. The molecule has 19 heavy (non-hydrogen) atoms. The minimum atomic E-state index is 0.624. The zero-order valence-electron chi connectivity index (χ0n) is 10.4. The summed E-state index contributed by atoms with van der Waals surface area (Å²) in [5.41, 5.74) is 8.29. The first kappa shape index (κ1) is 12.0. The molecule has 0 aliphatic rings. The lowest BCUT2D eigenvalue weighted by Crippen LogP contribution is -1.85. The quantitative estimate of drug-likeness (QED) is 0.561. The van der Waals surface area contributed by atoms with Crippen LogP contribution < -0.4 is 5.73 Å². The van der Waals surface area contributed by atoms with Gasteiger partial charge >= 0.3 is 0 Å². The van der Waals surface area contributed by atoms with Crippen molar-refractivity contribution in [3.63, 3.8) is 0 Å². The molecule has 0 radical (unpaired) electrons. The normalized spacial score (nSPS) is 11.2. The molecule has 6 nitrogen and oxygen atoms in total. The predicted molar refractivity (Wildman–Crippen MR) is 73.7 cm³/mol. The first-order chi connectivity index (χ1) is 9.24. The van der Waals surface area contributed by atoms with Gasteiger partial charge in [-0.1, -0.05) is 23.8 Å². The van der Waals surface area contributed by atoms with Gasteiger partial charge in [0.2, 0.25) is 5.89 Å². The number of thioether (sulfide) groups is 1. The van der Waals surface area contributed by atoms with Gasteiger partial charge in [-0.2, -0.15) is 4.98 Å². The van der Waals surface area contributed by atoms with E-state index in [1.165, 1.54) is 11.8 Å². The number of aryl methyl sites for hydroxylation is 1. The lowest BCUT2D eigenvalue weighted by atomic mass is 10.3. The monoisotopic (exact) mass is 275 g/mol. The van der Waals surface area contributed by atoms with Gasteiger partial charge in [-0.25, -0.2) is 4.98 Å². The summed E-state index contributed by atoms with van der Waals surface area (Å²) in [5.74, 6) is 1.97. The van der Waals surface area contributed by atoms with Crippen molar-refractivity contribution in [1.82, 2.24) is 20.1 Å². The van der Waals surface area contributed by atoms with Crippen LogP contribution in [0.15, 0.2) is 27.9 Å². The summed E-state index contributed by atoms with van der Waals surface area (Å²) in [6.07, 6.45) is 0.752. The fourth-order valence-electron chi connectivity index (χ4n) is 1.70. The highest BCUT2D eigenvalue weighted by atomic mass is 32.2. The van der Waals surface area contributed by atoms with Gasteiger partial charge in [0.15, 0.2) is 11.0 Å². The van der Waals surface area contributed by atoms with Gasteiger partial charge in [0, 0.05) is 12.1 Å². The summed E-state index contributed by atoms with van der Waals surface area (Å²) < 4.78 is 5.06. The molecule has 0 saturated heterocycles. The van der Waals surface area contributed by atoms with E-state index in [4.69, 9.17) is 10.3 Å². The minimum Gasteiger partial charge on any atom is -0.399 e. The Bertz CT molecular complexity index is 705. The van der Waals surface area contributed by atoms with Crippen molar-refractivity contribution in [2.24, 2.45) is 0 Å². The first-order valence-corrected chi connectivity index (χ1v) is 6.92. The number of fused-ring (bicyclic) bond motifs is 1. The molecule has 0 aliphatic carbocycles. The fraction of sp³-hybridized carbons (Fsp3) is 0.250. The summed E-state index contributed by atoms with van der Waals surface area (Å²) in [7, 11) is 0. The molecule has 2 aromatic heterocycles. The SMILES string of the molecule is CCc1nc(CSc2nc3ccc(N)cc3[nH]2)no1. The summed E-state index contributed by atoms with van der Waals surface area (Å²) >= 11 is 1.54. The van der Waals surface area contributed by atoms with E-state index in [1.54, 1.807) is 0 Å². The van der Waals surface area contributed by atoms with Crippen LogP contribution in [0.2, 0.25) is 0 Å². The molecular formula is C12H13N5OS. The van der Waals surface area contributed by atoms with E-state index < -0.39 is 0 Å². The average Bonchev–Trinajstić information content (AvgIpc) is 3.01. The highest BCUT2D eigenvalue weighted by Crippen LogP contribution is 2.23. The standard InChI is InChI=1S/C12H13N5OS/c1-2-11-16-10(17-18-11)6-19-12-14-8-4-3-7(13)5-9(8)15-12/h3-5H,2,6,13H2,1H3,(H,14,15). The molecule has 2 heterocycles. The van der Waals surface area contributed by atoms with Crippen LogP contribution in [0.25, 0.3) is 11.0 Å². The number of nitrogen functional groups attached to an aromatic ring is 1. The minimum absolute atomic E-state index is 0.624. The zero-order chi connectivity index (χ0) is 13.2. The number of anilines is 1. The Morgan fingerprint density at radius 2 is 2.26 bits per heavy atom.